The smallest absolute Gasteiger partial charge is 0.0979 e. The number of nitrogens with two attached hydrogens (primary N) is 1. The van der Waals surface area contributed by atoms with Crippen LogP contribution in [0.2, 0.25) is 0 Å². The van der Waals surface area contributed by atoms with Gasteiger partial charge in [0.1, 0.15) is 0 Å². The molecule has 0 bridgehead atoms. The zero-order valence-electron chi connectivity index (χ0n) is 11.5. The number of nitrogens with zero attached hydrogens (tertiary/aromatic N) is 3. The maximum absolute atomic E-state index is 5.60. The zero-order valence-corrected chi connectivity index (χ0v) is 11.5. The summed E-state index contributed by atoms with van der Waals surface area (Å²) in [5, 5.41) is 8.49. The van der Waals surface area contributed by atoms with Crippen LogP contribution in [-0.2, 0) is 11.2 Å². The summed E-state index contributed by atoms with van der Waals surface area (Å²) in [6.45, 7) is 9.10. The molecule has 0 saturated heterocycles. The first-order valence-electron chi connectivity index (χ1n) is 6.19. The number of rotatable bonds is 6. The number of methoxy groups -OCH3 is 1. The molecule has 2 unspecified atom stereocenters. The molecule has 2 N–H and O–H groups in total. The van der Waals surface area contributed by atoms with E-state index in [2.05, 4.69) is 31.1 Å². The Bertz CT molecular complexity index is 348. The third-order valence-corrected chi connectivity index (χ3v) is 3.27. The van der Waals surface area contributed by atoms with Crippen LogP contribution in [0.25, 0.3) is 0 Å². The Morgan fingerprint density at radius 1 is 1.29 bits per heavy atom. The van der Waals surface area contributed by atoms with Crippen LogP contribution in [-0.4, -0.2) is 28.6 Å². The summed E-state index contributed by atoms with van der Waals surface area (Å²) in [7, 11) is 1.70. The number of aromatic nitrogens is 3. The van der Waals surface area contributed by atoms with Gasteiger partial charge in [-0.15, -0.1) is 5.10 Å². The van der Waals surface area contributed by atoms with Gasteiger partial charge in [-0.2, -0.15) is 0 Å². The number of ether oxygens (including phenoxy) is 1. The van der Waals surface area contributed by atoms with Crippen molar-refractivity contribution in [2.24, 2.45) is 11.7 Å². The highest BCUT2D eigenvalue weighted by molar-refractivity contribution is 5.14. The quantitative estimate of drug-likeness (QED) is 0.822. The van der Waals surface area contributed by atoms with E-state index in [1.54, 1.807) is 7.11 Å². The summed E-state index contributed by atoms with van der Waals surface area (Å²) in [4.78, 5) is 0. The van der Waals surface area contributed by atoms with Gasteiger partial charge in [0.25, 0.3) is 0 Å². The van der Waals surface area contributed by atoms with E-state index in [1.807, 2.05) is 11.6 Å². The predicted octanol–water partition coefficient (Wildman–Crippen LogP) is 1.70. The van der Waals surface area contributed by atoms with Gasteiger partial charge in [0.15, 0.2) is 0 Å². The van der Waals surface area contributed by atoms with Gasteiger partial charge >= 0.3 is 0 Å². The fraction of sp³-hybridized carbons (Fsp3) is 0.833. The lowest BCUT2D eigenvalue weighted by atomic mass is 10.1. The Hall–Kier alpha value is -0.940. The van der Waals surface area contributed by atoms with Gasteiger partial charge in [-0.1, -0.05) is 19.1 Å². The minimum Gasteiger partial charge on any atom is -0.375 e. The van der Waals surface area contributed by atoms with Crippen molar-refractivity contribution in [1.82, 2.24) is 15.0 Å². The van der Waals surface area contributed by atoms with Crippen LogP contribution in [0.5, 0.6) is 0 Å². The average molecular weight is 240 g/mol. The maximum Gasteiger partial charge on any atom is 0.0979 e. The van der Waals surface area contributed by atoms with Crippen molar-refractivity contribution < 1.29 is 4.74 Å². The molecule has 17 heavy (non-hydrogen) atoms. The summed E-state index contributed by atoms with van der Waals surface area (Å²) in [6, 6.07) is 0.307. The second-order valence-corrected chi connectivity index (χ2v) is 4.77. The SMILES string of the molecule is COC(C)c1c(CCN)nnn1C(C)C(C)C. The molecule has 5 heteroatoms. The third-order valence-electron chi connectivity index (χ3n) is 3.27. The van der Waals surface area contributed by atoms with Gasteiger partial charge in [0.2, 0.25) is 0 Å². The number of hydrogen-bond acceptors (Lipinski definition) is 4. The Kier molecular flexibility index (Phi) is 5.08. The van der Waals surface area contributed by atoms with Crippen LogP contribution in [0, 0.1) is 5.92 Å². The molecular weight excluding hydrogens is 216 g/mol. The summed E-state index contributed by atoms with van der Waals surface area (Å²) < 4.78 is 7.39. The molecule has 0 spiro atoms. The van der Waals surface area contributed by atoms with E-state index in [4.69, 9.17) is 10.5 Å². The van der Waals surface area contributed by atoms with E-state index in [1.165, 1.54) is 0 Å². The van der Waals surface area contributed by atoms with Crippen LogP contribution in [0.4, 0.5) is 0 Å². The first-order valence-corrected chi connectivity index (χ1v) is 6.19. The highest BCUT2D eigenvalue weighted by Crippen LogP contribution is 2.25. The van der Waals surface area contributed by atoms with Gasteiger partial charge < -0.3 is 10.5 Å². The van der Waals surface area contributed by atoms with Crippen LogP contribution in [0.15, 0.2) is 0 Å². The molecule has 1 heterocycles. The standard InChI is InChI=1S/C12H24N4O/c1-8(2)9(3)16-12(10(4)17-5)11(6-7-13)14-15-16/h8-10H,6-7,13H2,1-5H3. The van der Waals surface area contributed by atoms with Crippen molar-refractivity contribution in [3.8, 4) is 0 Å². The molecule has 2 atom stereocenters. The van der Waals surface area contributed by atoms with Crippen molar-refractivity contribution in [3.05, 3.63) is 11.4 Å². The molecular formula is C12H24N4O. The molecule has 0 aliphatic rings. The molecule has 0 aliphatic carbocycles. The molecule has 5 nitrogen and oxygen atoms in total. The van der Waals surface area contributed by atoms with Crippen LogP contribution >= 0.6 is 0 Å². The largest absolute Gasteiger partial charge is 0.375 e. The molecule has 0 aliphatic heterocycles. The fourth-order valence-electron chi connectivity index (χ4n) is 1.76. The van der Waals surface area contributed by atoms with Crippen molar-refractivity contribution in [2.45, 2.75) is 46.3 Å². The second-order valence-electron chi connectivity index (χ2n) is 4.77. The zero-order chi connectivity index (χ0) is 13.0. The van der Waals surface area contributed by atoms with Gasteiger partial charge in [-0.3, -0.25) is 0 Å². The lowest BCUT2D eigenvalue weighted by molar-refractivity contribution is 0.107. The van der Waals surface area contributed by atoms with Gasteiger partial charge in [0, 0.05) is 13.5 Å². The minimum absolute atomic E-state index is 0.00671. The number of hydrogen-bond donors (Lipinski definition) is 1. The summed E-state index contributed by atoms with van der Waals surface area (Å²) >= 11 is 0. The molecule has 0 radical (unpaired) electrons. The molecule has 0 aromatic carbocycles. The Morgan fingerprint density at radius 3 is 2.41 bits per heavy atom. The van der Waals surface area contributed by atoms with Crippen LogP contribution in [0.3, 0.4) is 0 Å². The first kappa shape index (κ1) is 14.1. The van der Waals surface area contributed by atoms with E-state index in [9.17, 15) is 0 Å². The lowest BCUT2D eigenvalue weighted by Crippen LogP contribution is -2.18. The Balaban J connectivity index is 3.12. The van der Waals surface area contributed by atoms with Crippen LogP contribution in [0.1, 0.15) is 51.2 Å². The van der Waals surface area contributed by atoms with Crippen molar-refractivity contribution in [3.63, 3.8) is 0 Å². The molecule has 1 aromatic rings. The van der Waals surface area contributed by atoms with E-state index in [0.29, 0.717) is 18.5 Å². The molecule has 0 saturated carbocycles. The van der Waals surface area contributed by atoms with Crippen molar-refractivity contribution in [2.75, 3.05) is 13.7 Å². The topological polar surface area (TPSA) is 66.0 Å². The Morgan fingerprint density at radius 2 is 1.94 bits per heavy atom. The normalized spacial score (nSPS) is 15.2. The van der Waals surface area contributed by atoms with Crippen LogP contribution < -0.4 is 5.73 Å². The monoisotopic (exact) mass is 240 g/mol. The molecule has 0 amide bonds. The Labute approximate surface area is 103 Å². The highest BCUT2D eigenvalue weighted by atomic mass is 16.5. The average Bonchev–Trinajstić information content (AvgIpc) is 2.71. The summed E-state index contributed by atoms with van der Waals surface area (Å²) in [5.41, 5.74) is 7.61. The molecule has 1 rings (SSSR count). The van der Waals surface area contributed by atoms with E-state index in [-0.39, 0.29) is 6.10 Å². The maximum atomic E-state index is 5.60. The van der Waals surface area contributed by atoms with E-state index < -0.39 is 0 Å². The summed E-state index contributed by atoms with van der Waals surface area (Å²) in [6.07, 6.45) is 0.737. The van der Waals surface area contributed by atoms with Gasteiger partial charge in [-0.25, -0.2) is 4.68 Å². The predicted molar refractivity (Wildman–Crippen MR) is 67.8 cm³/mol. The molecule has 1 aromatic heterocycles. The van der Waals surface area contributed by atoms with E-state index in [0.717, 1.165) is 17.8 Å². The second kappa shape index (κ2) is 6.12. The van der Waals surface area contributed by atoms with Gasteiger partial charge in [0.05, 0.1) is 23.5 Å². The van der Waals surface area contributed by atoms with E-state index >= 15 is 0 Å². The lowest BCUT2D eigenvalue weighted by Gasteiger charge is -2.21. The third kappa shape index (κ3) is 3.04. The van der Waals surface area contributed by atoms with Crippen molar-refractivity contribution in [1.29, 1.82) is 0 Å². The van der Waals surface area contributed by atoms with Gasteiger partial charge in [-0.05, 0) is 26.3 Å². The summed E-state index contributed by atoms with van der Waals surface area (Å²) in [5.74, 6) is 0.505. The highest BCUT2D eigenvalue weighted by Gasteiger charge is 2.22. The molecule has 98 valence electrons. The minimum atomic E-state index is -0.00671. The first-order chi connectivity index (χ1) is 8.02. The fourth-order valence-corrected chi connectivity index (χ4v) is 1.76. The molecule has 0 fully saturated rings. The van der Waals surface area contributed by atoms with Crippen molar-refractivity contribution >= 4 is 0 Å².